The molecule has 2 aromatic rings. The number of amides is 1. The lowest BCUT2D eigenvalue weighted by atomic mass is 10.1. The van der Waals surface area contributed by atoms with Crippen molar-refractivity contribution < 1.29 is 9.59 Å². The van der Waals surface area contributed by atoms with Crippen molar-refractivity contribution in [1.29, 1.82) is 0 Å². The highest BCUT2D eigenvalue weighted by atomic mass is 16.2. The number of hydrogen-bond donors (Lipinski definition) is 0. The van der Waals surface area contributed by atoms with Gasteiger partial charge in [-0.2, -0.15) is 0 Å². The van der Waals surface area contributed by atoms with Gasteiger partial charge in [0.25, 0.3) is 0 Å². The molecule has 0 saturated carbocycles. The van der Waals surface area contributed by atoms with Gasteiger partial charge in [-0.25, -0.2) is 0 Å². The van der Waals surface area contributed by atoms with Crippen molar-refractivity contribution in [1.82, 2.24) is 0 Å². The van der Waals surface area contributed by atoms with Crippen molar-refractivity contribution in [2.45, 2.75) is 45.6 Å². The van der Waals surface area contributed by atoms with Crippen LogP contribution in [-0.2, 0) is 17.8 Å². The summed E-state index contributed by atoms with van der Waals surface area (Å²) in [6.45, 7) is 2.70. The summed E-state index contributed by atoms with van der Waals surface area (Å²) < 4.78 is 0. The van der Waals surface area contributed by atoms with E-state index in [1.54, 1.807) is 4.90 Å². The van der Waals surface area contributed by atoms with Crippen LogP contribution in [-0.4, -0.2) is 11.7 Å². The van der Waals surface area contributed by atoms with Gasteiger partial charge in [-0.15, -0.1) is 0 Å². The Morgan fingerprint density at radius 3 is 2.38 bits per heavy atom. The topological polar surface area (TPSA) is 37.4 Å². The standard InChI is InChI=1S/C21H23NO2/c1-2-3-6-16-9-11-17(12-10-16)15-22-19-8-5-4-7-18(19)20(23)13-14-21(22)24/h4-5,7-12H,2-3,6,13-15H2,1H3. The molecule has 3 rings (SSSR count). The molecule has 3 heteroatoms. The first kappa shape index (κ1) is 16.4. The third-order valence-corrected chi connectivity index (χ3v) is 4.54. The number of fused-ring (bicyclic) bond motifs is 1. The second-order valence-electron chi connectivity index (χ2n) is 6.34. The average Bonchev–Trinajstić information content (AvgIpc) is 2.73. The molecule has 0 atom stereocenters. The number of unbranched alkanes of at least 4 members (excludes halogenated alkanes) is 1. The number of anilines is 1. The molecule has 2 aromatic carbocycles. The molecule has 0 fully saturated rings. The second kappa shape index (κ2) is 7.43. The summed E-state index contributed by atoms with van der Waals surface area (Å²) >= 11 is 0. The summed E-state index contributed by atoms with van der Waals surface area (Å²) in [5.41, 5.74) is 3.81. The molecule has 0 bridgehead atoms. The average molecular weight is 321 g/mol. The number of benzene rings is 2. The van der Waals surface area contributed by atoms with Gasteiger partial charge in [0, 0.05) is 18.4 Å². The molecule has 3 nitrogen and oxygen atoms in total. The lowest BCUT2D eigenvalue weighted by molar-refractivity contribution is -0.118. The Bertz CT molecular complexity index is 734. The fourth-order valence-electron chi connectivity index (χ4n) is 3.12. The third kappa shape index (κ3) is 3.56. The van der Waals surface area contributed by atoms with Crippen molar-refractivity contribution in [3.05, 3.63) is 65.2 Å². The zero-order valence-corrected chi connectivity index (χ0v) is 14.1. The van der Waals surface area contributed by atoms with E-state index in [-0.39, 0.29) is 18.1 Å². The lowest BCUT2D eigenvalue weighted by Gasteiger charge is -2.23. The summed E-state index contributed by atoms with van der Waals surface area (Å²) in [7, 11) is 0. The van der Waals surface area contributed by atoms with E-state index >= 15 is 0 Å². The van der Waals surface area contributed by atoms with Gasteiger partial charge in [-0.1, -0.05) is 49.7 Å². The van der Waals surface area contributed by atoms with E-state index in [0.717, 1.165) is 17.7 Å². The fourth-order valence-corrected chi connectivity index (χ4v) is 3.12. The maximum Gasteiger partial charge on any atom is 0.227 e. The molecule has 0 radical (unpaired) electrons. The third-order valence-electron chi connectivity index (χ3n) is 4.54. The van der Waals surface area contributed by atoms with Crippen LogP contribution in [0.3, 0.4) is 0 Å². The molecule has 0 aliphatic carbocycles. The van der Waals surface area contributed by atoms with Gasteiger partial charge in [-0.3, -0.25) is 9.59 Å². The van der Waals surface area contributed by atoms with Crippen LogP contribution in [0.25, 0.3) is 0 Å². The molecule has 1 aliphatic heterocycles. The van der Waals surface area contributed by atoms with E-state index in [2.05, 4.69) is 31.2 Å². The normalized spacial score (nSPS) is 14.5. The predicted octanol–water partition coefficient (Wildman–Crippen LogP) is 4.54. The SMILES string of the molecule is CCCCc1ccc(CN2C(=O)CCC(=O)c3ccccc32)cc1. The van der Waals surface area contributed by atoms with E-state index in [1.165, 1.54) is 18.4 Å². The highest BCUT2D eigenvalue weighted by Crippen LogP contribution is 2.28. The molecule has 24 heavy (non-hydrogen) atoms. The first-order valence-corrected chi connectivity index (χ1v) is 8.69. The Kier molecular flexibility index (Phi) is 5.09. The zero-order valence-electron chi connectivity index (χ0n) is 14.1. The summed E-state index contributed by atoms with van der Waals surface area (Å²) in [5.74, 6) is 0.0692. The highest BCUT2D eigenvalue weighted by molar-refractivity contribution is 6.09. The summed E-state index contributed by atoms with van der Waals surface area (Å²) in [4.78, 5) is 26.5. The zero-order chi connectivity index (χ0) is 16.9. The number of carbonyl (C=O) groups is 2. The van der Waals surface area contributed by atoms with Gasteiger partial charge in [0.1, 0.15) is 0 Å². The van der Waals surface area contributed by atoms with Crippen LogP contribution in [0.4, 0.5) is 5.69 Å². The van der Waals surface area contributed by atoms with E-state index in [9.17, 15) is 9.59 Å². The molecule has 0 spiro atoms. The molecule has 0 N–H and O–H groups in total. The van der Waals surface area contributed by atoms with E-state index in [1.807, 2.05) is 24.3 Å². The fraction of sp³-hybridized carbons (Fsp3) is 0.333. The highest BCUT2D eigenvalue weighted by Gasteiger charge is 2.26. The predicted molar refractivity (Wildman–Crippen MR) is 96.3 cm³/mol. The smallest absolute Gasteiger partial charge is 0.227 e. The summed E-state index contributed by atoms with van der Waals surface area (Å²) in [5, 5.41) is 0. The monoisotopic (exact) mass is 321 g/mol. The number of aryl methyl sites for hydroxylation is 1. The molecular formula is C21H23NO2. The number of para-hydroxylation sites is 1. The van der Waals surface area contributed by atoms with Crippen molar-refractivity contribution in [3.8, 4) is 0 Å². The van der Waals surface area contributed by atoms with Crippen LogP contribution in [0.5, 0.6) is 0 Å². The molecule has 0 aromatic heterocycles. The summed E-state index contributed by atoms with van der Waals surface area (Å²) in [6.07, 6.45) is 4.05. The number of Topliss-reactive ketones (excluding diaryl/α,β-unsaturated/α-hetero) is 1. The Labute approximate surface area is 143 Å². The van der Waals surface area contributed by atoms with Crippen molar-refractivity contribution in [2.24, 2.45) is 0 Å². The van der Waals surface area contributed by atoms with Gasteiger partial charge in [-0.05, 0) is 36.1 Å². The van der Waals surface area contributed by atoms with Gasteiger partial charge in [0.2, 0.25) is 5.91 Å². The van der Waals surface area contributed by atoms with Crippen LogP contribution in [0.2, 0.25) is 0 Å². The Morgan fingerprint density at radius 2 is 1.62 bits per heavy atom. The molecule has 124 valence electrons. The quantitative estimate of drug-likeness (QED) is 0.811. The van der Waals surface area contributed by atoms with Gasteiger partial charge >= 0.3 is 0 Å². The van der Waals surface area contributed by atoms with E-state index in [0.29, 0.717) is 18.5 Å². The molecule has 1 amide bonds. The number of ketones is 1. The molecule has 1 heterocycles. The molecular weight excluding hydrogens is 298 g/mol. The second-order valence-corrected chi connectivity index (χ2v) is 6.34. The van der Waals surface area contributed by atoms with Gasteiger partial charge in [0.15, 0.2) is 5.78 Å². The molecule has 1 aliphatic rings. The first-order chi connectivity index (χ1) is 11.7. The minimum Gasteiger partial charge on any atom is -0.307 e. The van der Waals surface area contributed by atoms with Crippen molar-refractivity contribution in [2.75, 3.05) is 4.90 Å². The van der Waals surface area contributed by atoms with Crippen LogP contribution in [0.1, 0.15) is 54.1 Å². The Balaban J connectivity index is 1.84. The first-order valence-electron chi connectivity index (χ1n) is 8.69. The van der Waals surface area contributed by atoms with Crippen LogP contribution >= 0.6 is 0 Å². The maximum atomic E-state index is 12.5. The number of hydrogen-bond acceptors (Lipinski definition) is 2. The minimum atomic E-state index is 0.0170. The largest absolute Gasteiger partial charge is 0.307 e. The van der Waals surface area contributed by atoms with E-state index in [4.69, 9.17) is 0 Å². The van der Waals surface area contributed by atoms with Crippen molar-refractivity contribution >= 4 is 17.4 Å². The summed E-state index contributed by atoms with van der Waals surface area (Å²) in [6, 6.07) is 15.9. The maximum absolute atomic E-state index is 12.5. The molecule has 0 unspecified atom stereocenters. The van der Waals surface area contributed by atoms with Crippen molar-refractivity contribution in [3.63, 3.8) is 0 Å². The minimum absolute atomic E-state index is 0.0170. The van der Waals surface area contributed by atoms with Gasteiger partial charge in [0.05, 0.1) is 12.2 Å². The number of carbonyl (C=O) groups excluding carboxylic acids is 2. The van der Waals surface area contributed by atoms with Gasteiger partial charge < -0.3 is 4.90 Å². The van der Waals surface area contributed by atoms with Crippen LogP contribution < -0.4 is 4.90 Å². The Hall–Kier alpha value is -2.42. The number of nitrogens with zero attached hydrogens (tertiary/aromatic N) is 1. The number of rotatable bonds is 5. The molecule has 0 saturated heterocycles. The lowest BCUT2D eigenvalue weighted by Crippen LogP contribution is -2.29. The van der Waals surface area contributed by atoms with Crippen LogP contribution in [0.15, 0.2) is 48.5 Å². The van der Waals surface area contributed by atoms with E-state index < -0.39 is 0 Å². The van der Waals surface area contributed by atoms with Crippen LogP contribution in [0, 0.1) is 0 Å². The Morgan fingerprint density at radius 1 is 0.917 bits per heavy atom.